The fourth-order valence-corrected chi connectivity index (χ4v) is 3.68. The van der Waals surface area contributed by atoms with Crippen molar-refractivity contribution in [3.63, 3.8) is 0 Å². The minimum Gasteiger partial charge on any atom is -0.503 e. The van der Waals surface area contributed by atoms with Gasteiger partial charge in [0, 0.05) is 11.1 Å². The largest absolute Gasteiger partial charge is 0.503 e. The van der Waals surface area contributed by atoms with Crippen molar-refractivity contribution in [1.29, 1.82) is 0 Å². The predicted octanol–water partition coefficient (Wildman–Crippen LogP) is 5.64. The van der Waals surface area contributed by atoms with Crippen molar-refractivity contribution in [3.8, 4) is 23.0 Å². The maximum absolute atomic E-state index is 13.0. The predicted molar refractivity (Wildman–Crippen MR) is 114 cm³/mol. The SMILES string of the molecule is COc1cc(C=C2CCCC(=Cc3cc(Cl)c(O)c(OC)c3)C2=O)cc(Cl)c1O. The molecule has 0 amide bonds. The van der Waals surface area contributed by atoms with Crippen LogP contribution in [0.15, 0.2) is 35.4 Å². The normalized spacial score (nSPS) is 17.0. The van der Waals surface area contributed by atoms with Crippen LogP contribution in [0.5, 0.6) is 23.0 Å². The molecule has 1 aliphatic carbocycles. The van der Waals surface area contributed by atoms with Gasteiger partial charge in [-0.2, -0.15) is 0 Å². The molecule has 0 saturated heterocycles. The number of Topliss-reactive ketones (excluding diaryl/α,β-unsaturated/α-hetero) is 1. The summed E-state index contributed by atoms with van der Waals surface area (Å²) in [5, 5.41) is 20.1. The van der Waals surface area contributed by atoms with E-state index < -0.39 is 0 Å². The fraction of sp³-hybridized carbons (Fsp3) is 0.227. The van der Waals surface area contributed by atoms with Crippen molar-refractivity contribution >= 4 is 41.1 Å². The van der Waals surface area contributed by atoms with Crippen LogP contribution >= 0.6 is 23.2 Å². The van der Waals surface area contributed by atoms with Crippen molar-refractivity contribution in [2.45, 2.75) is 19.3 Å². The summed E-state index contributed by atoms with van der Waals surface area (Å²) in [6.45, 7) is 0. The summed E-state index contributed by atoms with van der Waals surface area (Å²) in [4.78, 5) is 13.0. The van der Waals surface area contributed by atoms with Crippen molar-refractivity contribution < 1.29 is 24.5 Å². The maximum atomic E-state index is 13.0. The summed E-state index contributed by atoms with van der Waals surface area (Å²) >= 11 is 12.1. The summed E-state index contributed by atoms with van der Waals surface area (Å²) in [6.07, 6.45) is 5.60. The smallest absolute Gasteiger partial charge is 0.185 e. The Morgan fingerprint density at radius 2 is 1.24 bits per heavy atom. The Morgan fingerprint density at radius 1 is 0.828 bits per heavy atom. The summed E-state index contributed by atoms with van der Waals surface area (Å²) < 4.78 is 10.2. The van der Waals surface area contributed by atoms with Gasteiger partial charge in [0.15, 0.2) is 28.8 Å². The first-order chi connectivity index (χ1) is 13.8. The van der Waals surface area contributed by atoms with Gasteiger partial charge in [-0.15, -0.1) is 0 Å². The van der Waals surface area contributed by atoms with Gasteiger partial charge in [-0.3, -0.25) is 4.79 Å². The molecule has 0 unspecified atom stereocenters. The third kappa shape index (κ3) is 4.52. The number of aromatic hydroxyl groups is 2. The number of methoxy groups -OCH3 is 2. The van der Waals surface area contributed by atoms with E-state index in [4.69, 9.17) is 32.7 Å². The van der Waals surface area contributed by atoms with Crippen LogP contribution < -0.4 is 9.47 Å². The van der Waals surface area contributed by atoms with E-state index in [1.807, 2.05) is 0 Å². The van der Waals surface area contributed by atoms with Crippen LogP contribution in [0.25, 0.3) is 12.2 Å². The molecule has 0 heterocycles. The van der Waals surface area contributed by atoms with Gasteiger partial charge in [0.25, 0.3) is 0 Å². The third-order valence-corrected chi connectivity index (χ3v) is 5.27. The Balaban J connectivity index is 1.95. The Bertz CT molecular complexity index is 945. The van der Waals surface area contributed by atoms with Gasteiger partial charge >= 0.3 is 0 Å². The number of hydrogen-bond acceptors (Lipinski definition) is 5. The van der Waals surface area contributed by atoms with Gasteiger partial charge in [-0.25, -0.2) is 0 Å². The van der Waals surface area contributed by atoms with E-state index in [1.165, 1.54) is 14.2 Å². The Morgan fingerprint density at radius 3 is 1.62 bits per heavy atom. The molecule has 0 bridgehead atoms. The van der Waals surface area contributed by atoms with Gasteiger partial charge in [0.2, 0.25) is 0 Å². The van der Waals surface area contributed by atoms with E-state index >= 15 is 0 Å². The second-order valence-electron chi connectivity index (χ2n) is 6.63. The highest BCUT2D eigenvalue weighted by atomic mass is 35.5. The van der Waals surface area contributed by atoms with Crippen LogP contribution in [0.1, 0.15) is 30.4 Å². The summed E-state index contributed by atoms with van der Waals surface area (Å²) in [5.41, 5.74) is 2.62. The Kier molecular flexibility index (Phi) is 6.40. The Labute approximate surface area is 178 Å². The number of carbonyl (C=O) groups is 1. The van der Waals surface area contributed by atoms with Crippen LogP contribution in [0, 0.1) is 0 Å². The van der Waals surface area contributed by atoms with E-state index in [0.717, 1.165) is 6.42 Å². The standard InChI is InChI=1S/C22H20Cl2O5/c1-28-18-10-12(8-16(23)21(18)26)6-14-4-3-5-15(20(14)25)7-13-9-17(24)22(27)19(11-13)29-2/h6-11,26-27H,3-5H2,1-2H3. The quantitative estimate of drug-likeness (QED) is 0.608. The summed E-state index contributed by atoms with van der Waals surface area (Å²) in [6, 6.07) is 6.43. The lowest BCUT2D eigenvalue weighted by Crippen LogP contribution is -2.12. The number of rotatable bonds is 4. The van der Waals surface area contributed by atoms with E-state index in [2.05, 4.69) is 0 Å². The Hall–Kier alpha value is -2.63. The lowest BCUT2D eigenvalue weighted by atomic mass is 9.87. The average molecular weight is 435 g/mol. The number of phenolic OH excluding ortho intramolecular Hbond substituents is 2. The van der Waals surface area contributed by atoms with E-state index in [-0.39, 0.29) is 38.8 Å². The van der Waals surface area contributed by atoms with Crippen LogP contribution in [0.2, 0.25) is 10.0 Å². The van der Waals surface area contributed by atoms with Crippen LogP contribution in [0.4, 0.5) is 0 Å². The van der Waals surface area contributed by atoms with E-state index in [1.54, 1.807) is 36.4 Å². The van der Waals surface area contributed by atoms with Crippen LogP contribution in [0.3, 0.4) is 0 Å². The van der Waals surface area contributed by atoms with Gasteiger partial charge in [0.1, 0.15) is 0 Å². The van der Waals surface area contributed by atoms with Gasteiger partial charge in [0.05, 0.1) is 24.3 Å². The number of ether oxygens (including phenoxy) is 2. The first kappa shape index (κ1) is 21.1. The lowest BCUT2D eigenvalue weighted by molar-refractivity contribution is -0.112. The molecule has 2 aromatic rings. The first-order valence-electron chi connectivity index (χ1n) is 8.93. The van der Waals surface area contributed by atoms with Crippen molar-refractivity contribution in [2.24, 2.45) is 0 Å². The third-order valence-electron chi connectivity index (χ3n) is 4.70. The summed E-state index contributed by atoms with van der Waals surface area (Å²) in [7, 11) is 2.87. The number of phenols is 2. The lowest BCUT2D eigenvalue weighted by Gasteiger charge is -2.17. The molecule has 2 N–H and O–H groups in total. The molecule has 0 radical (unpaired) electrons. The molecule has 1 saturated carbocycles. The van der Waals surface area contributed by atoms with Crippen molar-refractivity contribution in [1.82, 2.24) is 0 Å². The highest BCUT2D eigenvalue weighted by Gasteiger charge is 2.21. The monoisotopic (exact) mass is 434 g/mol. The molecular weight excluding hydrogens is 415 g/mol. The van der Waals surface area contributed by atoms with E-state index in [9.17, 15) is 15.0 Å². The average Bonchev–Trinajstić information content (AvgIpc) is 2.70. The number of ketones is 1. The zero-order chi connectivity index (χ0) is 21.1. The molecule has 3 rings (SSSR count). The molecule has 5 nitrogen and oxygen atoms in total. The second kappa shape index (κ2) is 8.80. The number of halogens is 2. The van der Waals surface area contributed by atoms with E-state index in [0.29, 0.717) is 35.1 Å². The number of allylic oxidation sites excluding steroid dienone is 2. The molecule has 29 heavy (non-hydrogen) atoms. The minimum absolute atomic E-state index is 0.0671. The zero-order valence-corrected chi connectivity index (χ0v) is 17.5. The molecule has 1 aliphatic rings. The summed E-state index contributed by atoms with van der Waals surface area (Å²) in [5.74, 6) is 0.154. The van der Waals surface area contributed by atoms with Crippen molar-refractivity contribution in [3.05, 3.63) is 56.6 Å². The molecule has 7 heteroatoms. The van der Waals surface area contributed by atoms with Gasteiger partial charge in [-0.1, -0.05) is 23.2 Å². The highest BCUT2D eigenvalue weighted by molar-refractivity contribution is 6.32. The maximum Gasteiger partial charge on any atom is 0.185 e. The fourth-order valence-electron chi connectivity index (χ4n) is 3.25. The zero-order valence-electron chi connectivity index (χ0n) is 16.0. The molecule has 1 fully saturated rings. The topological polar surface area (TPSA) is 76.0 Å². The molecule has 152 valence electrons. The molecular formula is C22H20Cl2O5. The molecule has 0 aliphatic heterocycles. The number of carbonyl (C=O) groups excluding carboxylic acids is 1. The second-order valence-corrected chi connectivity index (χ2v) is 7.44. The molecule has 2 aromatic carbocycles. The number of benzene rings is 2. The van der Waals surface area contributed by atoms with Crippen molar-refractivity contribution in [2.75, 3.05) is 14.2 Å². The molecule has 0 atom stereocenters. The van der Waals surface area contributed by atoms with Crippen LogP contribution in [-0.4, -0.2) is 30.2 Å². The van der Waals surface area contributed by atoms with Gasteiger partial charge < -0.3 is 19.7 Å². The van der Waals surface area contributed by atoms with Crippen LogP contribution in [-0.2, 0) is 4.79 Å². The molecule has 0 aromatic heterocycles. The van der Waals surface area contributed by atoms with Gasteiger partial charge in [-0.05, 0) is 66.8 Å². The first-order valence-corrected chi connectivity index (χ1v) is 9.68. The molecule has 0 spiro atoms. The minimum atomic E-state index is -0.134. The highest BCUT2D eigenvalue weighted by Crippen LogP contribution is 2.38. The number of hydrogen-bond donors (Lipinski definition) is 2.